The SMILES string of the molecule is COC(=O)Cn1c(=NC(=O)c2ccc(S(=O)(=O)N3CCc4ccccc4C3)cc2)sc2cc(C(=O)OC)ccc21. The molecule has 2 heterocycles. The summed E-state index contributed by atoms with van der Waals surface area (Å²) < 4.78 is 39.7. The number of benzene rings is 3. The summed E-state index contributed by atoms with van der Waals surface area (Å²) in [4.78, 5) is 41.7. The molecular formula is C28H25N3O7S2. The van der Waals surface area contributed by atoms with E-state index in [0.717, 1.165) is 22.5 Å². The third-order valence-electron chi connectivity index (χ3n) is 6.65. The van der Waals surface area contributed by atoms with Crippen LogP contribution in [0, 0.1) is 0 Å². The maximum Gasteiger partial charge on any atom is 0.337 e. The van der Waals surface area contributed by atoms with Crippen molar-refractivity contribution in [2.24, 2.45) is 4.99 Å². The Morgan fingerprint density at radius 2 is 1.62 bits per heavy atom. The highest BCUT2D eigenvalue weighted by molar-refractivity contribution is 7.89. The predicted molar refractivity (Wildman–Crippen MR) is 147 cm³/mol. The normalized spacial score (nSPS) is 14.1. The van der Waals surface area contributed by atoms with Gasteiger partial charge in [0.25, 0.3) is 5.91 Å². The van der Waals surface area contributed by atoms with Crippen LogP contribution in [0.5, 0.6) is 0 Å². The summed E-state index contributed by atoms with van der Waals surface area (Å²) in [6, 6.07) is 18.2. The van der Waals surface area contributed by atoms with Crippen molar-refractivity contribution in [2.75, 3.05) is 20.8 Å². The van der Waals surface area contributed by atoms with Crippen LogP contribution in [0.15, 0.2) is 76.6 Å². The Hall–Kier alpha value is -4.13. The Balaban J connectivity index is 1.44. The molecule has 1 aliphatic rings. The maximum absolute atomic E-state index is 13.3. The fourth-order valence-corrected chi connectivity index (χ4v) is 6.98. The number of sulfonamides is 1. The van der Waals surface area contributed by atoms with E-state index in [9.17, 15) is 22.8 Å². The molecule has 0 spiro atoms. The second kappa shape index (κ2) is 11.2. The Kier molecular flexibility index (Phi) is 7.66. The number of methoxy groups -OCH3 is 2. The minimum absolute atomic E-state index is 0.0846. The number of carbonyl (C=O) groups is 3. The molecule has 0 aliphatic carbocycles. The highest BCUT2D eigenvalue weighted by Gasteiger charge is 2.28. The van der Waals surface area contributed by atoms with Crippen molar-refractivity contribution in [3.63, 3.8) is 0 Å². The van der Waals surface area contributed by atoms with E-state index in [1.54, 1.807) is 18.2 Å². The van der Waals surface area contributed by atoms with Crippen LogP contribution in [-0.2, 0) is 43.8 Å². The van der Waals surface area contributed by atoms with Gasteiger partial charge in [-0.25, -0.2) is 13.2 Å². The van der Waals surface area contributed by atoms with Gasteiger partial charge in [0.1, 0.15) is 6.54 Å². The summed E-state index contributed by atoms with van der Waals surface area (Å²) in [5, 5.41) is 0. The van der Waals surface area contributed by atoms with Crippen molar-refractivity contribution in [1.29, 1.82) is 0 Å². The number of aromatic nitrogens is 1. The van der Waals surface area contributed by atoms with Gasteiger partial charge in [-0.1, -0.05) is 35.6 Å². The number of ether oxygens (including phenoxy) is 2. The van der Waals surface area contributed by atoms with Crippen LogP contribution in [0.1, 0.15) is 31.8 Å². The molecule has 0 fully saturated rings. The van der Waals surface area contributed by atoms with Crippen LogP contribution in [-0.4, -0.2) is 55.9 Å². The summed E-state index contributed by atoms with van der Waals surface area (Å²) >= 11 is 1.12. The van der Waals surface area contributed by atoms with Gasteiger partial charge in [0, 0.05) is 18.7 Å². The zero-order chi connectivity index (χ0) is 28.4. The number of thiazole rings is 1. The van der Waals surface area contributed by atoms with Gasteiger partial charge >= 0.3 is 11.9 Å². The number of rotatable bonds is 6. The molecule has 10 nitrogen and oxygen atoms in total. The summed E-state index contributed by atoms with van der Waals surface area (Å²) in [6.07, 6.45) is 0.632. The number of esters is 2. The highest BCUT2D eigenvalue weighted by Crippen LogP contribution is 2.25. The van der Waals surface area contributed by atoms with Crippen LogP contribution in [0.25, 0.3) is 10.2 Å². The lowest BCUT2D eigenvalue weighted by Crippen LogP contribution is -2.35. The van der Waals surface area contributed by atoms with Crippen molar-refractivity contribution in [3.8, 4) is 0 Å². The van der Waals surface area contributed by atoms with Crippen LogP contribution >= 0.6 is 11.3 Å². The second-order valence-corrected chi connectivity index (χ2v) is 12.0. The summed E-state index contributed by atoms with van der Waals surface area (Å²) in [5.74, 6) is -1.68. The Bertz CT molecular complexity index is 1810. The molecule has 12 heteroatoms. The topological polar surface area (TPSA) is 124 Å². The number of nitrogens with zero attached hydrogens (tertiary/aromatic N) is 3. The molecule has 0 bridgehead atoms. The molecule has 1 aromatic heterocycles. The average Bonchev–Trinajstić information content (AvgIpc) is 3.31. The standard InChI is InChI=1S/C28H25N3O7S2/c1-37-25(32)17-31-23-12-9-20(27(34)38-2)15-24(23)39-28(31)29-26(33)19-7-10-22(11-8-19)40(35,36)30-14-13-18-5-3-4-6-21(18)16-30/h3-12,15H,13-14,16-17H2,1-2H3. The van der Waals surface area contributed by atoms with E-state index in [4.69, 9.17) is 9.47 Å². The fraction of sp³-hybridized carbons (Fsp3) is 0.214. The lowest BCUT2D eigenvalue weighted by atomic mass is 10.0. The molecule has 206 valence electrons. The maximum atomic E-state index is 13.3. The zero-order valence-corrected chi connectivity index (χ0v) is 23.3. The molecule has 4 aromatic rings. The van der Waals surface area contributed by atoms with E-state index in [0.29, 0.717) is 35.3 Å². The lowest BCUT2D eigenvalue weighted by Gasteiger charge is -2.28. The second-order valence-electron chi connectivity index (χ2n) is 9.02. The molecule has 0 saturated heterocycles. The number of hydrogen-bond acceptors (Lipinski definition) is 8. The number of hydrogen-bond donors (Lipinski definition) is 0. The van der Waals surface area contributed by atoms with Crippen molar-refractivity contribution in [3.05, 3.63) is 93.8 Å². The van der Waals surface area contributed by atoms with Crippen LogP contribution in [0.4, 0.5) is 0 Å². The van der Waals surface area contributed by atoms with Gasteiger partial charge in [-0.2, -0.15) is 9.30 Å². The summed E-state index contributed by atoms with van der Waals surface area (Å²) in [6.45, 7) is 0.466. The van der Waals surface area contributed by atoms with Crippen LogP contribution in [0.3, 0.4) is 0 Å². The van der Waals surface area contributed by atoms with Crippen LogP contribution in [0.2, 0.25) is 0 Å². The van der Waals surface area contributed by atoms with Crippen molar-refractivity contribution in [1.82, 2.24) is 8.87 Å². The fourth-order valence-electron chi connectivity index (χ4n) is 4.49. The van der Waals surface area contributed by atoms with Gasteiger partial charge in [-0.15, -0.1) is 0 Å². The first kappa shape index (κ1) is 27.4. The Labute approximate surface area is 234 Å². The van der Waals surface area contributed by atoms with E-state index >= 15 is 0 Å². The molecular weight excluding hydrogens is 554 g/mol. The van der Waals surface area contributed by atoms with Crippen molar-refractivity contribution in [2.45, 2.75) is 24.4 Å². The molecule has 0 radical (unpaired) electrons. The molecule has 1 amide bonds. The average molecular weight is 580 g/mol. The zero-order valence-electron chi connectivity index (χ0n) is 21.7. The number of fused-ring (bicyclic) bond motifs is 2. The minimum Gasteiger partial charge on any atom is -0.468 e. The quantitative estimate of drug-likeness (QED) is 0.322. The Morgan fingerprint density at radius 1 is 0.925 bits per heavy atom. The highest BCUT2D eigenvalue weighted by atomic mass is 32.2. The first-order valence-corrected chi connectivity index (χ1v) is 14.5. The van der Waals surface area contributed by atoms with Gasteiger partial charge in [-0.05, 0) is 60.0 Å². The van der Waals surface area contributed by atoms with E-state index < -0.39 is 27.9 Å². The van der Waals surface area contributed by atoms with Crippen molar-refractivity contribution < 1.29 is 32.3 Å². The van der Waals surface area contributed by atoms with Gasteiger partial charge < -0.3 is 14.0 Å². The van der Waals surface area contributed by atoms with Gasteiger partial charge in [0.05, 0.1) is 34.9 Å². The molecule has 5 rings (SSSR count). The molecule has 40 heavy (non-hydrogen) atoms. The van der Waals surface area contributed by atoms with Gasteiger partial charge in [0.2, 0.25) is 10.0 Å². The molecule has 0 atom stereocenters. The van der Waals surface area contributed by atoms with Crippen molar-refractivity contribution >= 4 is 49.4 Å². The largest absolute Gasteiger partial charge is 0.468 e. The van der Waals surface area contributed by atoms with E-state index in [2.05, 4.69) is 4.99 Å². The monoisotopic (exact) mass is 579 g/mol. The molecule has 0 unspecified atom stereocenters. The summed E-state index contributed by atoms with van der Waals surface area (Å²) in [5.41, 5.74) is 3.20. The van der Waals surface area contributed by atoms with E-state index in [1.165, 1.54) is 47.4 Å². The third kappa shape index (κ3) is 5.33. The molecule has 3 aromatic carbocycles. The predicted octanol–water partition coefficient (Wildman–Crippen LogP) is 3.15. The molecule has 0 saturated carbocycles. The molecule has 1 aliphatic heterocycles. The molecule has 0 N–H and O–H groups in total. The van der Waals surface area contributed by atoms with Gasteiger partial charge in [0.15, 0.2) is 4.80 Å². The third-order valence-corrected chi connectivity index (χ3v) is 9.55. The lowest BCUT2D eigenvalue weighted by molar-refractivity contribution is -0.141. The number of carbonyl (C=O) groups excluding carboxylic acids is 3. The van der Waals surface area contributed by atoms with Gasteiger partial charge in [-0.3, -0.25) is 9.59 Å². The van der Waals surface area contributed by atoms with Crippen LogP contribution < -0.4 is 4.80 Å². The number of amides is 1. The smallest absolute Gasteiger partial charge is 0.337 e. The van der Waals surface area contributed by atoms with E-state index in [-0.39, 0.29) is 21.8 Å². The van der Waals surface area contributed by atoms with E-state index in [1.807, 2.05) is 24.3 Å². The first-order valence-electron chi connectivity index (χ1n) is 12.3. The first-order chi connectivity index (χ1) is 19.2. The Morgan fingerprint density at radius 3 is 2.33 bits per heavy atom. The summed E-state index contributed by atoms with van der Waals surface area (Å²) in [7, 11) is -1.23. The minimum atomic E-state index is -3.76.